The summed E-state index contributed by atoms with van der Waals surface area (Å²) < 4.78 is 2.25. The Morgan fingerprint density at radius 2 is 1.91 bits per heavy atom. The molecule has 3 aliphatic rings. The van der Waals surface area contributed by atoms with Crippen molar-refractivity contribution in [1.82, 2.24) is 19.9 Å². The predicted octanol–water partition coefficient (Wildman–Crippen LogP) is 2.77. The van der Waals surface area contributed by atoms with Crippen molar-refractivity contribution in [2.45, 2.75) is 31.7 Å². The van der Waals surface area contributed by atoms with Crippen molar-refractivity contribution in [3.63, 3.8) is 0 Å². The molecular weight excluding hydrogens is 272 g/mol. The number of hydrogen-bond donors (Lipinski definition) is 0. The lowest BCUT2D eigenvalue weighted by Crippen LogP contribution is -2.26. The molecule has 0 amide bonds. The van der Waals surface area contributed by atoms with Gasteiger partial charge in [0, 0.05) is 25.2 Å². The summed E-state index contributed by atoms with van der Waals surface area (Å²) >= 11 is 0. The van der Waals surface area contributed by atoms with Crippen molar-refractivity contribution >= 4 is 0 Å². The number of nitrogens with zero attached hydrogens (tertiary/aromatic N) is 4. The van der Waals surface area contributed by atoms with Gasteiger partial charge in [-0.05, 0) is 37.5 Å². The number of aromatic nitrogens is 3. The molecule has 5 rings (SSSR count). The molecule has 1 saturated carbocycles. The maximum Gasteiger partial charge on any atom is 0.116 e. The van der Waals surface area contributed by atoms with Gasteiger partial charge < -0.3 is 4.90 Å². The molecule has 2 fully saturated rings. The highest BCUT2D eigenvalue weighted by Crippen LogP contribution is 2.40. The predicted molar refractivity (Wildman–Crippen MR) is 85.5 cm³/mol. The molecule has 2 atom stereocenters. The summed E-state index contributed by atoms with van der Waals surface area (Å²) in [6.45, 7) is 3.75. The number of fused-ring (bicyclic) bond motifs is 3. The van der Waals surface area contributed by atoms with Crippen molar-refractivity contribution in [2.75, 3.05) is 19.6 Å². The van der Waals surface area contributed by atoms with E-state index in [0.29, 0.717) is 6.04 Å². The second kappa shape index (κ2) is 4.92. The fraction of sp³-hybridized carbons (Fsp3) is 0.556. The second-order valence-electron chi connectivity index (χ2n) is 7.22. The van der Waals surface area contributed by atoms with Crippen molar-refractivity contribution in [3.8, 4) is 11.3 Å². The maximum absolute atomic E-state index is 4.55. The van der Waals surface area contributed by atoms with Gasteiger partial charge in [0.1, 0.15) is 5.69 Å². The van der Waals surface area contributed by atoms with E-state index >= 15 is 0 Å². The molecule has 1 saturated heterocycles. The van der Waals surface area contributed by atoms with Crippen molar-refractivity contribution in [3.05, 3.63) is 36.0 Å². The summed E-state index contributed by atoms with van der Waals surface area (Å²) in [6.07, 6.45) is 5.30. The fourth-order valence-corrected chi connectivity index (χ4v) is 4.27. The van der Waals surface area contributed by atoms with Gasteiger partial charge in [0.05, 0.1) is 11.7 Å². The molecule has 2 aliphatic heterocycles. The lowest BCUT2D eigenvalue weighted by molar-refractivity contribution is 0.303. The number of benzene rings is 1. The van der Waals surface area contributed by atoms with Crippen LogP contribution in [-0.4, -0.2) is 39.5 Å². The minimum absolute atomic E-state index is 0.549. The van der Waals surface area contributed by atoms with Crippen LogP contribution in [0.2, 0.25) is 0 Å². The zero-order valence-electron chi connectivity index (χ0n) is 12.9. The van der Waals surface area contributed by atoms with E-state index in [9.17, 15) is 0 Å². The molecule has 114 valence electrons. The van der Waals surface area contributed by atoms with Gasteiger partial charge in [-0.2, -0.15) is 0 Å². The van der Waals surface area contributed by atoms with E-state index < -0.39 is 0 Å². The largest absolute Gasteiger partial charge is 0.301 e. The smallest absolute Gasteiger partial charge is 0.116 e. The average molecular weight is 294 g/mol. The van der Waals surface area contributed by atoms with Gasteiger partial charge in [-0.3, -0.25) is 0 Å². The highest BCUT2D eigenvalue weighted by molar-refractivity contribution is 5.61. The first kappa shape index (κ1) is 12.8. The summed E-state index contributed by atoms with van der Waals surface area (Å²) in [7, 11) is 0. The Bertz CT molecular complexity index is 674. The van der Waals surface area contributed by atoms with E-state index in [-0.39, 0.29) is 0 Å². The van der Waals surface area contributed by atoms with Crippen LogP contribution >= 0.6 is 0 Å². The third kappa shape index (κ3) is 2.09. The summed E-state index contributed by atoms with van der Waals surface area (Å²) in [5.74, 6) is 1.76. The van der Waals surface area contributed by atoms with Crippen molar-refractivity contribution in [1.29, 1.82) is 0 Å². The zero-order chi connectivity index (χ0) is 14.5. The monoisotopic (exact) mass is 294 g/mol. The minimum atomic E-state index is 0.549. The highest BCUT2D eigenvalue weighted by Gasteiger charge is 2.40. The Hall–Kier alpha value is -1.68. The Labute approximate surface area is 131 Å². The standard InChI is InChI=1S/C18H22N4/c1-2-4-14(5-3-1)18-16-9-8-15-11-21(10-13-6-7-13)12-17(15)22(16)20-19-18/h1-5,13,15,17H,6-12H2/t15-,17-/m1/s1. The third-order valence-corrected chi connectivity index (χ3v) is 5.60. The molecule has 0 spiro atoms. The number of hydrogen-bond acceptors (Lipinski definition) is 3. The van der Waals surface area contributed by atoms with Gasteiger partial charge in [-0.25, -0.2) is 4.68 Å². The van der Waals surface area contributed by atoms with Gasteiger partial charge >= 0.3 is 0 Å². The summed E-state index contributed by atoms with van der Waals surface area (Å²) in [4.78, 5) is 2.67. The maximum atomic E-state index is 4.55. The van der Waals surface area contributed by atoms with Crippen LogP contribution in [0, 0.1) is 11.8 Å². The molecule has 1 aromatic carbocycles. The first-order chi connectivity index (χ1) is 10.9. The first-order valence-corrected chi connectivity index (χ1v) is 8.60. The Balaban J connectivity index is 1.44. The molecule has 4 heteroatoms. The molecule has 3 heterocycles. The van der Waals surface area contributed by atoms with E-state index in [0.717, 1.165) is 24.0 Å². The molecule has 0 bridgehead atoms. The van der Waals surface area contributed by atoms with Gasteiger partial charge in [0.2, 0.25) is 0 Å². The van der Waals surface area contributed by atoms with Crippen LogP contribution < -0.4 is 0 Å². The van der Waals surface area contributed by atoms with Crippen LogP contribution in [0.15, 0.2) is 30.3 Å². The normalized spacial score (nSPS) is 27.6. The topological polar surface area (TPSA) is 34.0 Å². The Morgan fingerprint density at radius 1 is 1.05 bits per heavy atom. The molecule has 0 radical (unpaired) electrons. The Morgan fingerprint density at radius 3 is 2.73 bits per heavy atom. The van der Waals surface area contributed by atoms with Crippen LogP contribution in [0.3, 0.4) is 0 Å². The van der Waals surface area contributed by atoms with E-state index in [1.54, 1.807) is 0 Å². The summed E-state index contributed by atoms with van der Waals surface area (Å²) in [5, 5.41) is 9.07. The zero-order valence-corrected chi connectivity index (χ0v) is 12.9. The van der Waals surface area contributed by atoms with Crippen molar-refractivity contribution in [2.24, 2.45) is 11.8 Å². The number of likely N-dealkylation sites (tertiary alicyclic amines) is 1. The molecule has 0 N–H and O–H groups in total. The number of rotatable bonds is 3. The summed E-state index contributed by atoms with van der Waals surface area (Å²) in [6, 6.07) is 11.1. The highest BCUT2D eigenvalue weighted by atomic mass is 15.5. The lowest BCUT2D eigenvalue weighted by Gasteiger charge is -2.25. The molecule has 4 nitrogen and oxygen atoms in total. The first-order valence-electron chi connectivity index (χ1n) is 8.60. The SMILES string of the molecule is c1ccc(-c2nnn3c2CC[C@@H]2CN(CC4CC4)C[C@H]23)cc1. The minimum Gasteiger partial charge on any atom is -0.301 e. The van der Waals surface area contributed by atoms with E-state index in [1.165, 1.54) is 50.2 Å². The van der Waals surface area contributed by atoms with Crippen LogP contribution in [0.4, 0.5) is 0 Å². The van der Waals surface area contributed by atoms with E-state index in [2.05, 4.69) is 50.2 Å². The average Bonchev–Trinajstić information content (AvgIpc) is 3.10. The molecule has 0 unspecified atom stereocenters. The van der Waals surface area contributed by atoms with Gasteiger partial charge in [0.25, 0.3) is 0 Å². The molecular formula is C18H22N4. The third-order valence-electron chi connectivity index (χ3n) is 5.60. The quantitative estimate of drug-likeness (QED) is 0.873. The van der Waals surface area contributed by atoms with Crippen LogP contribution in [-0.2, 0) is 6.42 Å². The van der Waals surface area contributed by atoms with E-state index in [4.69, 9.17) is 0 Å². The van der Waals surface area contributed by atoms with Crippen LogP contribution in [0.5, 0.6) is 0 Å². The Kier molecular flexibility index (Phi) is 2.87. The molecule has 1 aliphatic carbocycles. The fourth-order valence-electron chi connectivity index (χ4n) is 4.27. The molecule has 2 aromatic rings. The molecule has 22 heavy (non-hydrogen) atoms. The molecule has 1 aromatic heterocycles. The van der Waals surface area contributed by atoms with Gasteiger partial charge in [0.15, 0.2) is 0 Å². The van der Waals surface area contributed by atoms with Gasteiger partial charge in [-0.15, -0.1) is 5.10 Å². The summed E-state index contributed by atoms with van der Waals surface area (Å²) in [5.41, 5.74) is 3.65. The van der Waals surface area contributed by atoms with Crippen molar-refractivity contribution < 1.29 is 0 Å². The lowest BCUT2D eigenvalue weighted by atomic mass is 9.91. The van der Waals surface area contributed by atoms with Crippen LogP contribution in [0.1, 0.15) is 31.0 Å². The van der Waals surface area contributed by atoms with Gasteiger partial charge in [-0.1, -0.05) is 35.5 Å². The van der Waals surface area contributed by atoms with Crippen LogP contribution in [0.25, 0.3) is 11.3 Å². The second-order valence-corrected chi connectivity index (χ2v) is 7.22. The van der Waals surface area contributed by atoms with E-state index in [1.807, 2.05) is 0 Å².